The fraction of sp³-hybridized carbons (Fsp3) is 0.214. The van der Waals surface area contributed by atoms with Crippen LogP contribution in [0.5, 0.6) is 5.75 Å². The molecule has 0 fully saturated rings. The minimum absolute atomic E-state index is 0.210. The maximum atomic E-state index is 12.5. The summed E-state index contributed by atoms with van der Waals surface area (Å²) in [5, 5.41) is 0. The van der Waals surface area contributed by atoms with Crippen LogP contribution in [-0.4, -0.2) is 31.9 Å². The van der Waals surface area contributed by atoms with E-state index in [9.17, 15) is 8.42 Å². The number of hydrogen-bond acceptors (Lipinski definition) is 4. The average molecular weight is 371 g/mol. The van der Waals surface area contributed by atoms with Crippen molar-refractivity contribution in [1.82, 2.24) is 9.29 Å². The van der Waals surface area contributed by atoms with Crippen LogP contribution in [-0.2, 0) is 16.6 Å². The number of halogens is 1. The Hall–Kier alpha value is -1.44. The molecule has 0 aliphatic heterocycles. The van der Waals surface area contributed by atoms with Crippen molar-refractivity contribution in [3.8, 4) is 5.75 Å². The van der Waals surface area contributed by atoms with Crippen molar-refractivity contribution < 1.29 is 13.2 Å². The summed E-state index contributed by atoms with van der Waals surface area (Å²) in [6, 6.07) is 8.30. The zero-order valence-corrected chi connectivity index (χ0v) is 14.1. The fourth-order valence-corrected chi connectivity index (χ4v) is 3.70. The lowest BCUT2D eigenvalue weighted by molar-refractivity contribution is 0.411. The molecule has 5 nitrogen and oxygen atoms in total. The molecule has 1 heterocycles. The van der Waals surface area contributed by atoms with Gasteiger partial charge in [-0.1, -0.05) is 6.07 Å². The Morgan fingerprint density at radius 3 is 2.67 bits per heavy atom. The van der Waals surface area contributed by atoms with E-state index in [1.54, 1.807) is 31.6 Å². The maximum Gasteiger partial charge on any atom is 0.243 e. The van der Waals surface area contributed by atoms with Crippen molar-refractivity contribution >= 4 is 26.0 Å². The summed E-state index contributed by atoms with van der Waals surface area (Å²) in [6.45, 7) is 0.264. The number of sulfonamides is 1. The summed E-state index contributed by atoms with van der Waals surface area (Å²) in [5.41, 5.74) is 0.830. The molecule has 7 heteroatoms. The van der Waals surface area contributed by atoms with Gasteiger partial charge in [0.1, 0.15) is 5.75 Å². The van der Waals surface area contributed by atoms with Gasteiger partial charge in [-0.2, -0.15) is 4.31 Å². The number of methoxy groups -OCH3 is 1. The van der Waals surface area contributed by atoms with Crippen LogP contribution in [0.3, 0.4) is 0 Å². The van der Waals surface area contributed by atoms with E-state index >= 15 is 0 Å². The van der Waals surface area contributed by atoms with Crippen LogP contribution >= 0.6 is 15.9 Å². The molecule has 21 heavy (non-hydrogen) atoms. The molecule has 0 atom stereocenters. The molecule has 0 saturated carbocycles. The maximum absolute atomic E-state index is 12.5. The van der Waals surface area contributed by atoms with E-state index in [1.165, 1.54) is 23.5 Å². The van der Waals surface area contributed by atoms with E-state index in [4.69, 9.17) is 4.74 Å². The lowest BCUT2D eigenvalue weighted by Crippen LogP contribution is -2.26. The number of ether oxygens (including phenoxy) is 1. The summed E-state index contributed by atoms with van der Waals surface area (Å²) in [5.74, 6) is 0.587. The van der Waals surface area contributed by atoms with Crippen molar-refractivity contribution in [1.29, 1.82) is 0 Å². The van der Waals surface area contributed by atoms with Gasteiger partial charge in [0.2, 0.25) is 10.0 Å². The highest BCUT2D eigenvalue weighted by Gasteiger charge is 2.22. The number of nitrogens with zero attached hydrogens (tertiary/aromatic N) is 2. The third-order valence-electron chi connectivity index (χ3n) is 2.96. The first kappa shape index (κ1) is 15.9. The van der Waals surface area contributed by atoms with E-state index in [0.29, 0.717) is 10.2 Å². The van der Waals surface area contributed by atoms with Crippen LogP contribution < -0.4 is 4.74 Å². The van der Waals surface area contributed by atoms with Crippen LogP contribution in [0.4, 0.5) is 0 Å². The predicted octanol–water partition coefficient (Wildman–Crippen LogP) is 2.67. The summed E-state index contributed by atoms with van der Waals surface area (Å²) < 4.78 is 32.1. The van der Waals surface area contributed by atoms with E-state index in [0.717, 1.165) is 5.56 Å². The average Bonchev–Trinajstić information content (AvgIpc) is 2.48. The number of pyridine rings is 1. The van der Waals surface area contributed by atoms with Crippen molar-refractivity contribution in [2.45, 2.75) is 11.4 Å². The van der Waals surface area contributed by atoms with Crippen molar-refractivity contribution in [3.63, 3.8) is 0 Å². The van der Waals surface area contributed by atoms with Gasteiger partial charge < -0.3 is 4.74 Å². The lowest BCUT2D eigenvalue weighted by atomic mass is 10.3. The molecule has 0 saturated heterocycles. The second-order valence-electron chi connectivity index (χ2n) is 4.42. The van der Waals surface area contributed by atoms with Gasteiger partial charge in [0, 0.05) is 26.0 Å². The van der Waals surface area contributed by atoms with Crippen molar-refractivity contribution in [3.05, 3.63) is 52.8 Å². The molecular formula is C14H15BrN2O3S. The molecule has 0 bridgehead atoms. The molecule has 0 unspecified atom stereocenters. The largest absolute Gasteiger partial charge is 0.496 e. The van der Waals surface area contributed by atoms with Crippen LogP contribution in [0.15, 0.2) is 52.1 Å². The molecule has 112 valence electrons. The highest BCUT2D eigenvalue weighted by atomic mass is 79.9. The molecule has 1 aromatic heterocycles. The Morgan fingerprint density at radius 1 is 1.33 bits per heavy atom. The van der Waals surface area contributed by atoms with Gasteiger partial charge in [-0.15, -0.1) is 0 Å². The zero-order chi connectivity index (χ0) is 15.5. The molecule has 0 spiro atoms. The topological polar surface area (TPSA) is 59.5 Å². The molecule has 2 rings (SSSR count). The quantitative estimate of drug-likeness (QED) is 0.811. The Morgan fingerprint density at radius 2 is 2.10 bits per heavy atom. The van der Waals surface area contributed by atoms with E-state index in [2.05, 4.69) is 20.9 Å². The van der Waals surface area contributed by atoms with Gasteiger partial charge in [-0.25, -0.2) is 8.42 Å². The Balaban J connectivity index is 2.27. The molecule has 1 aromatic carbocycles. The van der Waals surface area contributed by atoms with E-state index < -0.39 is 10.0 Å². The minimum atomic E-state index is -3.56. The van der Waals surface area contributed by atoms with Crippen LogP contribution in [0, 0.1) is 0 Å². The predicted molar refractivity (Wildman–Crippen MR) is 83.6 cm³/mol. The smallest absolute Gasteiger partial charge is 0.243 e. The standard InChI is InChI=1S/C14H15BrN2O3S/c1-17(10-11-4-3-7-16-9-11)21(18,19)12-5-6-14(20-2)13(15)8-12/h3-9H,10H2,1-2H3. The number of rotatable bonds is 5. The number of hydrogen-bond donors (Lipinski definition) is 0. The Kier molecular flexibility index (Phi) is 4.97. The second-order valence-corrected chi connectivity index (χ2v) is 7.32. The van der Waals surface area contributed by atoms with E-state index in [1.807, 2.05) is 6.07 Å². The molecular weight excluding hydrogens is 356 g/mol. The van der Waals surface area contributed by atoms with E-state index in [-0.39, 0.29) is 11.4 Å². The Labute approximate surface area is 132 Å². The first-order valence-electron chi connectivity index (χ1n) is 6.14. The normalized spacial score (nSPS) is 11.6. The molecule has 0 aliphatic carbocycles. The molecule has 2 aromatic rings. The molecule has 0 radical (unpaired) electrons. The lowest BCUT2D eigenvalue weighted by Gasteiger charge is -2.17. The van der Waals surface area contributed by atoms with Crippen molar-refractivity contribution in [2.75, 3.05) is 14.2 Å². The number of aromatic nitrogens is 1. The summed E-state index contributed by atoms with van der Waals surface area (Å²) in [7, 11) is -0.492. The first-order chi connectivity index (χ1) is 9.95. The summed E-state index contributed by atoms with van der Waals surface area (Å²) >= 11 is 3.30. The van der Waals surface area contributed by atoms with Gasteiger partial charge in [0.05, 0.1) is 16.5 Å². The van der Waals surface area contributed by atoms with Gasteiger partial charge in [0.15, 0.2) is 0 Å². The molecule has 0 amide bonds. The van der Waals surface area contributed by atoms with Gasteiger partial charge in [-0.3, -0.25) is 4.98 Å². The third kappa shape index (κ3) is 3.61. The molecule has 0 N–H and O–H groups in total. The van der Waals surface area contributed by atoms with Crippen LogP contribution in [0.25, 0.3) is 0 Å². The highest BCUT2D eigenvalue weighted by Crippen LogP contribution is 2.28. The van der Waals surface area contributed by atoms with Crippen molar-refractivity contribution in [2.24, 2.45) is 0 Å². The SMILES string of the molecule is COc1ccc(S(=O)(=O)N(C)Cc2cccnc2)cc1Br. The fourth-order valence-electron chi connectivity index (χ4n) is 1.82. The van der Waals surface area contributed by atoms with Gasteiger partial charge in [-0.05, 0) is 45.8 Å². The summed E-state index contributed by atoms with van der Waals surface area (Å²) in [6.07, 6.45) is 3.30. The first-order valence-corrected chi connectivity index (χ1v) is 8.37. The highest BCUT2D eigenvalue weighted by molar-refractivity contribution is 9.10. The monoisotopic (exact) mass is 370 g/mol. The summed E-state index contributed by atoms with van der Waals surface area (Å²) in [4.78, 5) is 4.19. The van der Waals surface area contributed by atoms with Crippen LogP contribution in [0.2, 0.25) is 0 Å². The second kappa shape index (κ2) is 6.55. The van der Waals surface area contributed by atoms with Gasteiger partial charge in [0.25, 0.3) is 0 Å². The Bertz CT molecular complexity index is 720. The zero-order valence-electron chi connectivity index (χ0n) is 11.7. The molecule has 0 aliphatic rings. The van der Waals surface area contributed by atoms with Gasteiger partial charge >= 0.3 is 0 Å². The van der Waals surface area contributed by atoms with Crippen LogP contribution in [0.1, 0.15) is 5.56 Å². The number of benzene rings is 1. The minimum Gasteiger partial charge on any atom is -0.496 e. The third-order valence-corrected chi connectivity index (χ3v) is 5.38.